The van der Waals surface area contributed by atoms with Crippen molar-refractivity contribution in [1.29, 1.82) is 0 Å². The zero-order valence-corrected chi connectivity index (χ0v) is 14.4. The molecule has 0 heterocycles. The average molecular weight is 382 g/mol. The maximum atomic E-state index is 11.7. The normalized spacial score (nSPS) is 25.4. The Hall–Kier alpha value is -0.100. The van der Waals surface area contributed by atoms with Crippen LogP contribution in [-0.2, 0) is 9.84 Å². The second-order valence-corrected chi connectivity index (χ2v) is 9.14. The zero-order valence-electron chi connectivity index (χ0n) is 11.2. The molecule has 0 aliphatic heterocycles. The van der Waals surface area contributed by atoms with Crippen LogP contribution in [0.25, 0.3) is 0 Å². The van der Waals surface area contributed by atoms with Gasteiger partial charge in [-0.2, -0.15) is 0 Å². The highest BCUT2D eigenvalue weighted by Gasteiger charge is 2.33. The summed E-state index contributed by atoms with van der Waals surface area (Å²) in [5, 5.41) is 10.7. The van der Waals surface area contributed by atoms with E-state index in [4.69, 9.17) is 11.6 Å². The summed E-state index contributed by atoms with van der Waals surface area (Å²) in [5.41, 5.74) is 0.675. The van der Waals surface area contributed by atoms with Gasteiger partial charge in [-0.25, -0.2) is 8.42 Å². The zero-order chi connectivity index (χ0) is 14.9. The predicted octanol–water partition coefficient (Wildman–Crippen LogP) is 3.74. The van der Waals surface area contributed by atoms with Crippen molar-refractivity contribution in [3.8, 4) is 0 Å². The Morgan fingerprint density at radius 2 is 2.10 bits per heavy atom. The highest BCUT2D eigenvalue weighted by Crippen LogP contribution is 2.39. The van der Waals surface area contributed by atoms with Gasteiger partial charge in [0.15, 0.2) is 0 Å². The minimum Gasteiger partial charge on any atom is -0.388 e. The Morgan fingerprint density at radius 3 is 2.70 bits per heavy atom. The van der Waals surface area contributed by atoms with Crippen LogP contribution in [-0.4, -0.2) is 25.0 Å². The fourth-order valence-electron chi connectivity index (χ4n) is 2.85. The first-order valence-corrected chi connectivity index (χ1v) is 9.73. The Kier molecular flexibility index (Phi) is 5.16. The maximum absolute atomic E-state index is 11.7. The Labute approximate surface area is 133 Å². The molecule has 1 aliphatic rings. The largest absolute Gasteiger partial charge is 0.388 e. The van der Waals surface area contributed by atoms with Gasteiger partial charge in [-0.15, -0.1) is 0 Å². The van der Waals surface area contributed by atoms with Gasteiger partial charge in [0.2, 0.25) is 0 Å². The summed E-state index contributed by atoms with van der Waals surface area (Å²) in [7, 11) is -3.04. The van der Waals surface area contributed by atoms with Crippen LogP contribution in [0.3, 0.4) is 0 Å². The van der Waals surface area contributed by atoms with E-state index in [1.807, 2.05) is 6.07 Å². The van der Waals surface area contributed by atoms with Crippen LogP contribution in [0.1, 0.15) is 37.4 Å². The van der Waals surface area contributed by atoms with Crippen molar-refractivity contribution in [2.45, 2.75) is 37.0 Å². The molecule has 1 aliphatic carbocycles. The van der Waals surface area contributed by atoms with Gasteiger partial charge >= 0.3 is 0 Å². The fraction of sp³-hybridized carbons (Fsp3) is 0.571. The Morgan fingerprint density at radius 1 is 1.40 bits per heavy atom. The molecule has 0 bridgehead atoms. The Balaban J connectivity index is 2.18. The van der Waals surface area contributed by atoms with Crippen LogP contribution in [0, 0.1) is 5.92 Å². The number of hydrogen-bond acceptors (Lipinski definition) is 3. The number of rotatable bonds is 3. The molecule has 2 rings (SSSR count). The quantitative estimate of drug-likeness (QED) is 0.867. The van der Waals surface area contributed by atoms with Gasteiger partial charge in [0.1, 0.15) is 9.84 Å². The predicted molar refractivity (Wildman–Crippen MR) is 84.7 cm³/mol. The van der Waals surface area contributed by atoms with Crippen molar-refractivity contribution in [3.05, 3.63) is 33.3 Å². The molecule has 1 fully saturated rings. The van der Waals surface area contributed by atoms with E-state index in [0.717, 1.165) is 17.3 Å². The number of benzene rings is 1. The lowest BCUT2D eigenvalue weighted by molar-refractivity contribution is 0.0858. The van der Waals surface area contributed by atoms with Crippen molar-refractivity contribution in [2.24, 2.45) is 5.92 Å². The van der Waals surface area contributed by atoms with Crippen LogP contribution >= 0.6 is 27.5 Å². The first-order valence-electron chi connectivity index (χ1n) is 6.61. The second-order valence-electron chi connectivity index (χ2n) is 5.49. The number of aliphatic hydroxyl groups is 1. The third-order valence-corrected chi connectivity index (χ3v) is 6.46. The van der Waals surface area contributed by atoms with Crippen molar-refractivity contribution in [3.63, 3.8) is 0 Å². The summed E-state index contributed by atoms with van der Waals surface area (Å²) in [6, 6.07) is 5.37. The fourth-order valence-corrected chi connectivity index (χ4v) is 4.83. The standard InChI is InChI=1S/C14H18BrClO3S/c1-20(18,19)11-4-2-3-9(7-11)14(17)12-6-5-10(15)8-13(12)16/h5-6,8-9,11,14,17H,2-4,7H2,1H3. The van der Waals surface area contributed by atoms with E-state index < -0.39 is 15.9 Å². The van der Waals surface area contributed by atoms with Gasteiger partial charge in [-0.1, -0.05) is 40.0 Å². The molecule has 1 saturated carbocycles. The lowest BCUT2D eigenvalue weighted by Crippen LogP contribution is -2.30. The molecule has 0 amide bonds. The molecule has 1 N–H and O–H groups in total. The van der Waals surface area contributed by atoms with Gasteiger partial charge in [0.05, 0.1) is 11.4 Å². The molecule has 3 unspecified atom stereocenters. The SMILES string of the molecule is CS(=O)(=O)C1CCCC(C(O)c2ccc(Br)cc2Cl)C1. The third kappa shape index (κ3) is 3.75. The van der Waals surface area contributed by atoms with Crippen molar-refractivity contribution in [2.75, 3.05) is 6.26 Å². The number of halogens is 2. The molecule has 0 spiro atoms. The molecule has 3 nitrogen and oxygen atoms in total. The van der Waals surface area contributed by atoms with Crippen LogP contribution in [0.5, 0.6) is 0 Å². The molecule has 6 heteroatoms. The number of sulfone groups is 1. The minimum absolute atomic E-state index is 0.0536. The summed E-state index contributed by atoms with van der Waals surface area (Å²) in [6.07, 6.45) is 3.43. The van der Waals surface area contributed by atoms with E-state index >= 15 is 0 Å². The van der Waals surface area contributed by atoms with E-state index in [1.54, 1.807) is 12.1 Å². The molecule has 0 aromatic heterocycles. The van der Waals surface area contributed by atoms with Crippen LogP contribution in [0.2, 0.25) is 5.02 Å². The smallest absolute Gasteiger partial charge is 0.150 e. The van der Waals surface area contributed by atoms with Gasteiger partial charge in [0.25, 0.3) is 0 Å². The number of aliphatic hydroxyl groups excluding tert-OH is 1. The first kappa shape index (κ1) is 16.3. The van der Waals surface area contributed by atoms with Gasteiger partial charge in [-0.3, -0.25) is 0 Å². The molecule has 1 aromatic carbocycles. The third-order valence-electron chi connectivity index (χ3n) is 4.00. The monoisotopic (exact) mass is 380 g/mol. The van der Waals surface area contributed by atoms with Crippen molar-refractivity contribution < 1.29 is 13.5 Å². The molecular weight excluding hydrogens is 364 g/mol. The highest BCUT2D eigenvalue weighted by atomic mass is 79.9. The van der Waals surface area contributed by atoms with Crippen molar-refractivity contribution >= 4 is 37.4 Å². The van der Waals surface area contributed by atoms with E-state index in [0.29, 0.717) is 23.4 Å². The van der Waals surface area contributed by atoms with E-state index in [9.17, 15) is 13.5 Å². The summed E-state index contributed by atoms with van der Waals surface area (Å²) in [5.74, 6) is -0.0536. The molecule has 20 heavy (non-hydrogen) atoms. The average Bonchev–Trinajstić information content (AvgIpc) is 2.37. The van der Waals surface area contributed by atoms with Crippen molar-refractivity contribution in [1.82, 2.24) is 0 Å². The highest BCUT2D eigenvalue weighted by molar-refractivity contribution is 9.10. The lowest BCUT2D eigenvalue weighted by atomic mass is 9.82. The van der Waals surface area contributed by atoms with Crippen LogP contribution in [0.4, 0.5) is 0 Å². The molecular formula is C14H18BrClO3S. The molecule has 0 radical (unpaired) electrons. The lowest BCUT2D eigenvalue weighted by Gasteiger charge is -2.31. The van der Waals surface area contributed by atoms with Gasteiger partial charge < -0.3 is 5.11 Å². The first-order chi connectivity index (χ1) is 9.29. The summed E-state index contributed by atoms with van der Waals surface area (Å²) in [4.78, 5) is 0. The van der Waals surface area contributed by atoms with Gasteiger partial charge in [-0.05, 0) is 42.9 Å². The minimum atomic E-state index is -3.04. The molecule has 0 saturated heterocycles. The summed E-state index contributed by atoms with van der Waals surface area (Å²) < 4.78 is 24.2. The molecule has 3 atom stereocenters. The Bertz CT molecular complexity index is 588. The van der Waals surface area contributed by atoms with E-state index in [-0.39, 0.29) is 11.2 Å². The van der Waals surface area contributed by atoms with E-state index in [1.165, 1.54) is 6.26 Å². The van der Waals surface area contributed by atoms with Crippen LogP contribution in [0.15, 0.2) is 22.7 Å². The summed E-state index contributed by atoms with van der Waals surface area (Å²) >= 11 is 9.49. The molecule has 1 aromatic rings. The number of hydrogen-bond donors (Lipinski definition) is 1. The van der Waals surface area contributed by atoms with Gasteiger partial charge in [0, 0.05) is 15.8 Å². The maximum Gasteiger partial charge on any atom is 0.150 e. The topological polar surface area (TPSA) is 54.4 Å². The summed E-state index contributed by atoms with van der Waals surface area (Å²) in [6.45, 7) is 0. The molecule has 112 valence electrons. The second kappa shape index (κ2) is 6.34. The van der Waals surface area contributed by atoms with Crippen LogP contribution < -0.4 is 0 Å². The van der Waals surface area contributed by atoms with E-state index in [2.05, 4.69) is 15.9 Å².